The number of thiophene rings is 1. The van der Waals surface area contributed by atoms with Crippen LogP contribution in [0.2, 0.25) is 0 Å². The van der Waals surface area contributed by atoms with E-state index < -0.39 is 5.97 Å². The number of nitrogens with two attached hydrogens (primary N) is 1. The summed E-state index contributed by atoms with van der Waals surface area (Å²) in [5, 5.41) is 10.6. The molecule has 180 valence electrons. The van der Waals surface area contributed by atoms with E-state index in [-0.39, 0.29) is 19.0 Å². The number of aromatic carboxylic acids is 1. The van der Waals surface area contributed by atoms with Crippen molar-refractivity contribution in [2.24, 2.45) is 5.73 Å². The SMILES string of the molecule is C.CC.CC(=O)c1cc2ccc(Br)cc2s1.CC(C)N.O=C(O)c1cc2ccc(Br)cc2o1. The highest BCUT2D eigenvalue weighted by atomic mass is 79.9. The molecule has 0 unspecified atom stereocenters. The van der Waals surface area contributed by atoms with E-state index in [1.54, 1.807) is 19.1 Å². The number of carbonyl (C=O) groups excluding carboxylic acids is 1. The zero-order valence-corrected chi connectivity index (χ0v) is 22.6. The van der Waals surface area contributed by atoms with E-state index in [0.29, 0.717) is 11.6 Å². The number of benzene rings is 2. The van der Waals surface area contributed by atoms with Gasteiger partial charge in [-0.3, -0.25) is 4.79 Å². The molecule has 0 spiro atoms. The van der Waals surface area contributed by atoms with Crippen LogP contribution in [0.4, 0.5) is 0 Å². The van der Waals surface area contributed by atoms with Gasteiger partial charge in [-0.05, 0) is 60.8 Å². The van der Waals surface area contributed by atoms with E-state index in [1.165, 1.54) is 17.4 Å². The van der Waals surface area contributed by atoms with Crippen molar-refractivity contribution in [2.45, 2.75) is 48.1 Å². The van der Waals surface area contributed by atoms with Crippen LogP contribution in [-0.2, 0) is 0 Å². The normalized spacial score (nSPS) is 9.61. The first-order valence-electron chi connectivity index (χ1n) is 9.95. The summed E-state index contributed by atoms with van der Waals surface area (Å²) >= 11 is 8.21. The number of hydrogen-bond donors (Lipinski definition) is 2. The summed E-state index contributed by atoms with van der Waals surface area (Å²) in [7, 11) is 0. The minimum atomic E-state index is -1.05. The largest absolute Gasteiger partial charge is 0.475 e. The Balaban J connectivity index is 0.000000491. The van der Waals surface area contributed by atoms with Crippen molar-refractivity contribution in [1.82, 2.24) is 0 Å². The molecule has 0 atom stereocenters. The first-order chi connectivity index (χ1) is 15.1. The number of furan rings is 1. The molecule has 2 heterocycles. The fraction of sp³-hybridized carbons (Fsp3) is 0.280. The van der Waals surface area contributed by atoms with Gasteiger partial charge in [0, 0.05) is 19.0 Å². The van der Waals surface area contributed by atoms with Crippen molar-refractivity contribution in [2.75, 3.05) is 0 Å². The summed E-state index contributed by atoms with van der Waals surface area (Å²) in [6.45, 7) is 9.49. The van der Waals surface area contributed by atoms with Gasteiger partial charge in [-0.1, -0.05) is 73.0 Å². The van der Waals surface area contributed by atoms with Gasteiger partial charge in [0.2, 0.25) is 5.76 Å². The molecule has 0 aliphatic rings. The van der Waals surface area contributed by atoms with Gasteiger partial charge in [0.15, 0.2) is 5.78 Å². The maximum absolute atomic E-state index is 11.1. The maximum Gasteiger partial charge on any atom is 0.371 e. The van der Waals surface area contributed by atoms with Crippen LogP contribution in [0, 0.1) is 0 Å². The molecule has 2 aromatic carbocycles. The van der Waals surface area contributed by atoms with Crippen LogP contribution >= 0.6 is 43.2 Å². The molecule has 0 saturated heterocycles. The van der Waals surface area contributed by atoms with Gasteiger partial charge < -0.3 is 15.3 Å². The Hall–Kier alpha value is -2.00. The fourth-order valence-corrected chi connectivity index (χ4v) is 4.14. The second kappa shape index (κ2) is 15.0. The number of rotatable bonds is 2. The molecule has 0 saturated carbocycles. The molecule has 0 amide bonds. The summed E-state index contributed by atoms with van der Waals surface area (Å²) in [6, 6.07) is 15.2. The van der Waals surface area contributed by atoms with Gasteiger partial charge in [-0.2, -0.15) is 0 Å². The van der Waals surface area contributed by atoms with Crippen LogP contribution in [0.3, 0.4) is 0 Å². The van der Waals surface area contributed by atoms with Crippen molar-refractivity contribution in [3.05, 3.63) is 68.1 Å². The molecule has 0 aliphatic carbocycles. The molecule has 8 heteroatoms. The minimum absolute atomic E-state index is 0. The number of Topliss-reactive ketones (excluding diaryl/α,β-unsaturated/α-hetero) is 1. The van der Waals surface area contributed by atoms with Crippen LogP contribution < -0.4 is 5.73 Å². The molecule has 0 radical (unpaired) electrons. The van der Waals surface area contributed by atoms with Crippen LogP contribution in [0.1, 0.15) is 62.3 Å². The number of carbonyl (C=O) groups is 2. The molecular formula is C25H31Br2NO4S. The predicted octanol–water partition coefficient (Wildman–Crippen LogP) is 8.78. The fourth-order valence-electron chi connectivity index (χ4n) is 2.29. The molecule has 33 heavy (non-hydrogen) atoms. The Morgan fingerprint density at radius 1 is 0.970 bits per heavy atom. The average molecular weight is 601 g/mol. The average Bonchev–Trinajstić information content (AvgIpc) is 3.33. The van der Waals surface area contributed by atoms with E-state index in [4.69, 9.17) is 15.3 Å². The van der Waals surface area contributed by atoms with Crippen LogP contribution in [0.25, 0.3) is 21.1 Å². The molecule has 2 aromatic heterocycles. The van der Waals surface area contributed by atoms with Crippen LogP contribution in [0.5, 0.6) is 0 Å². The Kier molecular flexibility index (Phi) is 14.1. The Labute approximate surface area is 216 Å². The Morgan fingerprint density at radius 3 is 2.00 bits per heavy atom. The van der Waals surface area contributed by atoms with Crippen molar-refractivity contribution in [3.8, 4) is 0 Å². The third-order valence-electron chi connectivity index (χ3n) is 3.52. The molecular weight excluding hydrogens is 570 g/mol. The van der Waals surface area contributed by atoms with Gasteiger partial charge in [-0.25, -0.2) is 4.79 Å². The summed E-state index contributed by atoms with van der Waals surface area (Å²) in [6.07, 6.45) is 0. The van der Waals surface area contributed by atoms with Crippen LogP contribution in [-0.4, -0.2) is 22.9 Å². The van der Waals surface area contributed by atoms with Gasteiger partial charge in [0.05, 0.1) is 4.88 Å². The summed E-state index contributed by atoms with van der Waals surface area (Å²) in [5.41, 5.74) is 5.69. The lowest BCUT2D eigenvalue weighted by molar-refractivity contribution is 0.0664. The van der Waals surface area contributed by atoms with E-state index in [9.17, 15) is 9.59 Å². The maximum atomic E-state index is 11.1. The lowest BCUT2D eigenvalue weighted by atomic mass is 10.2. The molecule has 5 nitrogen and oxygen atoms in total. The van der Waals surface area contributed by atoms with Crippen molar-refractivity contribution in [1.29, 1.82) is 0 Å². The predicted molar refractivity (Wildman–Crippen MR) is 148 cm³/mol. The second-order valence-electron chi connectivity index (χ2n) is 6.69. The summed E-state index contributed by atoms with van der Waals surface area (Å²) in [5.74, 6) is -0.947. The molecule has 0 fully saturated rings. The number of hydrogen-bond acceptors (Lipinski definition) is 5. The van der Waals surface area contributed by atoms with Gasteiger partial charge in [0.25, 0.3) is 0 Å². The highest BCUT2D eigenvalue weighted by molar-refractivity contribution is 9.10. The highest BCUT2D eigenvalue weighted by Gasteiger charge is 2.09. The van der Waals surface area contributed by atoms with E-state index in [1.807, 2.05) is 58.0 Å². The smallest absolute Gasteiger partial charge is 0.371 e. The molecule has 0 bridgehead atoms. The summed E-state index contributed by atoms with van der Waals surface area (Å²) < 4.78 is 8.15. The lowest BCUT2D eigenvalue weighted by Gasteiger charge is -1.88. The first-order valence-corrected chi connectivity index (χ1v) is 12.3. The zero-order chi connectivity index (χ0) is 24.4. The second-order valence-corrected chi connectivity index (χ2v) is 9.61. The third-order valence-corrected chi connectivity index (χ3v) is 5.71. The number of fused-ring (bicyclic) bond motifs is 2. The highest BCUT2D eigenvalue weighted by Crippen LogP contribution is 2.28. The monoisotopic (exact) mass is 599 g/mol. The van der Waals surface area contributed by atoms with E-state index in [0.717, 1.165) is 29.3 Å². The molecule has 3 N–H and O–H groups in total. The van der Waals surface area contributed by atoms with Gasteiger partial charge >= 0.3 is 5.97 Å². The quantitative estimate of drug-likeness (QED) is 0.224. The minimum Gasteiger partial charge on any atom is -0.475 e. The number of carboxylic acids is 1. The van der Waals surface area contributed by atoms with Gasteiger partial charge in [-0.15, -0.1) is 11.3 Å². The molecule has 4 rings (SSSR count). The van der Waals surface area contributed by atoms with Gasteiger partial charge in [0.1, 0.15) is 5.58 Å². The Bertz CT molecular complexity index is 1090. The summed E-state index contributed by atoms with van der Waals surface area (Å²) in [4.78, 5) is 22.5. The number of halogens is 2. The van der Waals surface area contributed by atoms with Crippen molar-refractivity contribution >= 4 is 76.0 Å². The Morgan fingerprint density at radius 2 is 1.48 bits per heavy atom. The first kappa shape index (κ1) is 31.0. The number of carboxylic acid groups (broad SMARTS) is 1. The molecule has 0 aliphatic heterocycles. The third kappa shape index (κ3) is 10.2. The standard InChI is InChI=1S/C10H7BrOS.C9H5BrO3.C3H9N.C2H6.CH4/c1-6(12)9-4-7-2-3-8(11)5-10(7)13-9;10-6-2-1-5-3-8(9(11)12)13-7(5)4-6;1-3(2)4;1-2;/h2-5H,1H3;1-4H,(H,11,12);3H,4H2,1-2H3;1-2H3;1H4. The van der Waals surface area contributed by atoms with Crippen LogP contribution in [0.15, 0.2) is 61.9 Å². The van der Waals surface area contributed by atoms with E-state index >= 15 is 0 Å². The number of ketones is 1. The van der Waals surface area contributed by atoms with Crippen molar-refractivity contribution < 1.29 is 19.1 Å². The lowest BCUT2D eigenvalue weighted by Crippen LogP contribution is -2.06. The molecule has 4 aromatic rings. The van der Waals surface area contributed by atoms with E-state index in [2.05, 4.69) is 31.9 Å². The van der Waals surface area contributed by atoms with Crippen molar-refractivity contribution in [3.63, 3.8) is 0 Å². The topological polar surface area (TPSA) is 93.5 Å². The zero-order valence-electron chi connectivity index (χ0n) is 18.6.